The van der Waals surface area contributed by atoms with Crippen molar-refractivity contribution in [3.8, 4) is 11.5 Å². The van der Waals surface area contributed by atoms with Gasteiger partial charge in [0.1, 0.15) is 17.1 Å². The Kier molecular flexibility index (Phi) is 8.81. The Labute approximate surface area is 186 Å². The third-order valence-corrected chi connectivity index (χ3v) is 5.19. The second-order valence-electron chi connectivity index (χ2n) is 6.62. The maximum Gasteiger partial charge on any atom is 0.341 e. The molecule has 0 saturated carbocycles. The van der Waals surface area contributed by atoms with Crippen LogP contribution in [0.15, 0.2) is 24.3 Å². The Morgan fingerprint density at radius 2 is 1.73 bits per heavy atom. The lowest BCUT2D eigenvalue weighted by molar-refractivity contribution is -0.116. The van der Waals surface area contributed by atoms with Gasteiger partial charge in [0.2, 0.25) is 5.91 Å². The highest BCUT2D eigenvalue weighted by atomic mass is 35.5. The summed E-state index contributed by atoms with van der Waals surface area (Å²) in [6, 6.07) is 6.66. The topological polar surface area (TPSA) is 73.9 Å². The highest BCUT2D eigenvalue weighted by Gasteiger charge is 2.18. The molecule has 0 aliphatic rings. The first-order chi connectivity index (χ1) is 14.3. The normalized spacial score (nSPS) is 10.5. The Bertz CT molecular complexity index is 907. The first-order valence-corrected chi connectivity index (χ1v) is 10.3. The van der Waals surface area contributed by atoms with Crippen LogP contribution < -0.4 is 14.8 Å². The molecule has 30 heavy (non-hydrogen) atoms. The molecule has 0 fully saturated rings. The standard InChI is InChI=1S/C22H25Cl2NO5/c1-5-29-22(27)16-11-17(23)18(12-19(16)28-4)25-20(26)7-6-8-30-15-9-13(2)21(24)14(3)10-15/h9-12H,5-8H2,1-4H3,(H,25,26). The molecule has 0 atom stereocenters. The summed E-state index contributed by atoms with van der Waals surface area (Å²) in [5, 5.41) is 3.67. The number of methoxy groups -OCH3 is 1. The lowest BCUT2D eigenvalue weighted by atomic mass is 10.1. The Hall–Kier alpha value is -2.44. The third-order valence-electron chi connectivity index (χ3n) is 4.29. The molecule has 0 radical (unpaired) electrons. The number of carbonyl (C=O) groups excluding carboxylic acids is 2. The van der Waals surface area contributed by atoms with Gasteiger partial charge in [-0.3, -0.25) is 4.79 Å². The molecule has 2 rings (SSSR count). The Morgan fingerprint density at radius 1 is 1.07 bits per heavy atom. The molecule has 162 valence electrons. The van der Waals surface area contributed by atoms with Gasteiger partial charge in [-0.2, -0.15) is 0 Å². The number of ether oxygens (including phenoxy) is 3. The van der Waals surface area contributed by atoms with E-state index >= 15 is 0 Å². The van der Waals surface area contributed by atoms with E-state index in [0.29, 0.717) is 18.7 Å². The van der Waals surface area contributed by atoms with E-state index in [0.717, 1.165) is 21.9 Å². The molecule has 2 aromatic carbocycles. The summed E-state index contributed by atoms with van der Waals surface area (Å²) in [4.78, 5) is 24.3. The summed E-state index contributed by atoms with van der Waals surface area (Å²) in [5.41, 5.74) is 2.44. The van der Waals surface area contributed by atoms with Crippen molar-refractivity contribution in [1.29, 1.82) is 0 Å². The number of hydrogen-bond donors (Lipinski definition) is 1. The van der Waals surface area contributed by atoms with Crippen LogP contribution in [0.25, 0.3) is 0 Å². The van der Waals surface area contributed by atoms with Crippen molar-refractivity contribution in [2.45, 2.75) is 33.6 Å². The molecule has 0 aromatic heterocycles. The second-order valence-corrected chi connectivity index (χ2v) is 7.41. The number of hydrogen-bond acceptors (Lipinski definition) is 5. The third kappa shape index (κ3) is 6.28. The first kappa shape index (κ1) is 23.8. The van der Waals surface area contributed by atoms with Crippen LogP contribution in [0, 0.1) is 13.8 Å². The first-order valence-electron chi connectivity index (χ1n) is 9.50. The van der Waals surface area contributed by atoms with Crippen LogP contribution >= 0.6 is 23.2 Å². The summed E-state index contributed by atoms with van der Waals surface area (Å²) in [6.45, 7) is 6.16. The van der Waals surface area contributed by atoms with Crippen LogP contribution in [-0.2, 0) is 9.53 Å². The molecule has 0 unspecified atom stereocenters. The van der Waals surface area contributed by atoms with Crippen LogP contribution in [0.4, 0.5) is 5.69 Å². The van der Waals surface area contributed by atoms with E-state index in [-0.39, 0.29) is 35.3 Å². The number of nitrogens with one attached hydrogen (secondary N) is 1. The highest BCUT2D eigenvalue weighted by molar-refractivity contribution is 6.34. The zero-order valence-corrected chi connectivity index (χ0v) is 18.9. The molecule has 2 aromatic rings. The van der Waals surface area contributed by atoms with Crippen LogP contribution in [0.1, 0.15) is 41.3 Å². The molecule has 1 amide bonds. The minimum absolute atomic E-state index is 0.198. The van der Waals surface area contributed by atoms with Crippen molar-refractivity contribution in [2.75, 3.05) is 25.6 Å². The van der Waals surface area contributed by atoms with Crippen molar-refractivity contribution in [2.24, 2.45) is 0 Å². The summed E-state index contributed by atoms with van der Waals surface area (Å²) >= 11 is 12.4. The van der Waals surface area contributed by atoms with Gasteiger partial charge in [-0.25, -0.2) is 4.79 Å². The molecule has 6 nitrogen and oxygen atoms in total. The van der Waals surface area contributed by atoms with E-state index in [1.165, 1.54) is 19.2 Å². The lowest BCUT2D eigenvalue weighted by Gasteiger charge is -2.13. The number of anilines is 1. The average Bonchev–Trinajstić information content (AvgIpc) is 2.70. The molecule has 0 heterocycles. The molecule has 0 aliphatic heterocycles. The monoisotopic (exact) mass is 453 g/mol. The number of carbonyl (C=O) groups is 2. The van der Waals surface area contributed by atoms with E-state index < -0.39 is 5.97 Å². The maximum absolute atomic E-state index is 12.3. The number of esters is 1. The number of rotatable bonds is 9. The van der Waals surface area contributed by atoms with Gasteiger partial charge in [-0.05, 0) is 56.5 Å². The lowest BCUT2D eigenvalue weighted by Crippen LogP contribution is -2.14. The summed E-state index contributed by atoms with van der Waals surface area (Å²) in [5.74, 6) is 0.218. The zero-order valence-electron chi connectivity index (χ0n) is 17.4. The fraction of sp³-hybridized carbons (Fsp3) is 0.364. The predicted octanol–water partition coefficient (Wildman–Crippen LogP) is 5.59. The van der Waals surface area contributed by atoms with Gasteiger partial charge in [-0.1, -0.05) is 23.2 Å². The van der Waals surface area contributed by atoms with Gasteiger partial charge >= 0.3 is 5.97 Å². The zero-order chi connectivity index (χ0) is 22.3. The van der Waals surface area contributed by atoms with Crippen LogP contribution in [0.3, 0.4) is 0 Å². The highest BCUT2D eigenvalue weighted by Crippen LogP contribution is 2.32. The summed E-state index contributed by atoms with van der Waals surface area (Å²) < 4.78 is 15.9. The molecule has 0 saturated heterocycles. The minimum Gasteiger partial charge on any atom is -0.496 e. The smallest absolute Gasteiger partial charge is 0.341 e. The summed E-state index contributed by atoms with van der Waals surface area (Å²) in [7, 11) is 1.43. The van der Waals surface area contributed by atoms with Crippen molar-refractivity contribution in [3.63, 3.8) is 0 Å². The average molecular weight is 454 g/mol. The Balaban J connectivity index is 1.92. The molecule has 0 bridgehead atoms. The van der Waals surface area contributed by atoms with Crippen molar-refractivity contribution < 1.29 is 23.8 Å². The van der Waals surface area contributed by atoms with Crippen LogP contribution in [0.5, 0.6) is 11.5 Å². The fourth-order valence-corrected chi connectivity index (χ4v) is 3.13. The van der Waals surface area contributed by atoms with Crippen molar-refractivity contribution in [1.82, 2.24) is 0 Å². The molecule has 1 N–H and O–H groups in total. The van der Waals surface area contributed by atoms with Gasteiger partial charge in [0.25, 0.3) is 0 Å². The van der Waals surface area contributed by atoms with E-state index in [2.05, 4.69) is 5.32 Å². The molecular weight excluding hydrogens is 429 g/mol. The van der Waals surface area contributed by atoms with Crippen molar-refractivity contribution >= 4 is 40.8 Å². The molecule has 8 heteroatoms. The minimum atomic E-state index is -0.543. The van der Waals surface area contributed by atoms with E-state index in [4.69, 9.17) is 37.4 Å². The van der Waals surface area contributed by atoms with E-state index in [1.54, 1.807) is 6.92 Å². The molecule has 0 spiro atoms. The Morgan fingerprint density at radius 3 is 2.33 bits per heavy atom. The van der Waals surface area contributed by atoms with E-state index in [1.807, 2.05) is 26.0 Å². The number of amides is 1. The van der Waals surface area contributed by atoms with Crippen LogP contribution in [0.2, 0.25) is 10.0 Å². The molecule has 0 aliphatic carbocycles. The van der Waals surface area contributed by atoms with E-state index in [9.17, 15) is 9.59 Å². The molecular formula is C22H25Cl2NO5. The van der Waals surface area contributed by atoms with Gasteiger partial charge in [0.05, 0.1) is 31.0 Å². The van der Waals surface area contributed by atoms with Crippen molar-refractivity contribution in [3.05, 3.63) is 51.0 Å². The fourth-order valence-electron chi connectivity index (χ4n) is 2.81. The maximum atomic E-state index is 12.3. The van der Waals surface area contributed by atoms with Gasteiger partial charge in [0.15, 0.2) is 0 Å². The van der Waals surface area contributed by atoms with Crippen LogP contribution in [-0.4, -0.2) is 32.2 Å². The second kappa shape index (κ2) is 11.1. The largest absolute Gasteiger partial charge is 0.496 e. The summed E-state index contributed by atoms with van der Waals surface area (Å²) in [6.07, 6.45) is 0.756. The number of benzene rings is 2. The van der Waals surface area contributed by atoms with Gasteiger partial charge < -0.3 is 19.5 Å². The number of aryl methyl sites for hydroxylation is 2. The van der Waals surface area contributed by atoms with Gasteiger partial charge in [-0.15, -0.1) is 0 Å². The quantitative estimate of drug-likeness (QED) is 0.395. The predicted molar refractivity (Wildman–Crippen MR) is 118 cm³/mol. The van der Waals surface area contributed by atoms with Gasteiger partial charge in [0, 0.05) is 17.5 Å². The number of halogens is 2. The SMILES string of the molecule is CCOC(=O)c1cc(Cl)c(NC(=O)CCCOc2cc(C)c(Cl)c(C)c2)cc1OC.